The quantitative estimate of drug-likeness (QED) is 0.717. The zero-order chi connectivity index (χ0) is 13.4. The Morgan fingerprint density at radius 1 is 1.26 bits per heavy atom. The van der Waals surface area contributed by atoms with Gasteiger partial charge in [-0.25, -0.2) is 4.98 Å². The van der Waals surface area contributed by atoms with Crippen LogP contribution in [0.3, 0.4) is 0 Å². The third-order valence-corrected chi connectivity index (χ3v) is 4.42. The fraction of sp³-hybridized carbons (Fsp3) is 0.200. The van der Waals surface area contributed by atoms with E-state index in [1.165, 1.54) is 15.0 Å². The maximum atomic E-state index is 12.1. The molecule has 19 heavy (non-hydrogen) atoms. The lowest BCUT2D eigenvalue weighted by atomic mass is 10.2. The summed E-state index contributed by atoms with van der Waals surface area (Å²) in [5.41, 5.74) is 1.58. The first kappa shape index (κ1) is 12.1. The SMILES string of the molecule is Cc1ncn(Cc2cc3ccccc3s2)c(=O)c1C. The molecule has 96 valence electrons. The lowest BCUT2D eigenvalue weighted by molar-refractivity contribution is 0.730. The van der Waals surface area contributed by atoms with E-state index in [1.807, 2.05) is 26.0 Å². The highest BCUT2D eigenvalue weighted by atomic mass is 32.1. The van der Waals surface area contributed by atoms with Gasteiger partial charge in [0, 0.05) is 20.8 Å². The van der Waals surface area contributed by atoms with Crippen molar-refractivity contribution in [3.63, 3.8) is 0 Å². The highest BCUT2D eigenvalue weighted by molar-refractivity contribution is 7.19. The number of hydrogen-bond donors (Lipinski definition) is 0. The van der Waals surface area contributed by atoms with Crippen LogP contribution in [-0.4, -0.2) is 9.55 Å². The summed E-state index contributed by atoms with van der Waals surface area (Å²) in [6.45, 7) is 4.28. The van der Waals surface area contributed by atoms with E-state index in [2.05, 4.69) is 23.2 Å². The van der Waals surface area contributed by atoms with E-state index in [0.717, 1.165) is 11.3 Å². The molecule has 3 aromatic rings. The Bertz CT molecular complexity index is 768. The molecule has 0 unspecified atom stereocenters. The van der Waals surface area contributed by atoms with Gasteiger partial charge < -0.3 is 0 Å². The second-order valence-electron chi connectivity index (χ2n) is 4.64. The first-order valence-corrected chi connectivity index (χ1v) is 6.97. The van der Waals surface area contributed by atoms with Crippen molar-refractivity contribution >= 4 is 21.4 Å². The fourth-order valence-electron chi connectivity index (χ4n) is 2.07. The lowest BCUT2D eigenvalue weighted by Crippen LogP contribution is -2.23. The van der Waals surface area contributed by atoms with Gasteiger partial charge in [0.2, 0.25) is 0 Å². The van der Waals surface area contributed by atoms with Crippen LogP contribution in [0.4, 0.5) is 0 Å². The van der Waals surface area contributed by atoms with Crippen LogP contribution in [0.2, 0.25) is 0 Å². The highest BCUT2D eigenvalue weighted by Crippen LogP contribution is 2.25. The summed E-state index contributed by atoms with van der Waals surface area (Å²) >= 11 is 1.72. The average Bonchev–Trinajstić information content (AvgIpc) is 2.82. The largest absolute Gasteiger partial charge is 0.294 e. The molecule has 3 nitrogen and oxygen atoms in total. The summed E-state index contributed by atoms with van der Waals surface area (Å²) in [5.74, 6) is 0. The number of benzene rings is 1. The van der Waals surface area contributed by atoms with Crippen molar-refractivity contribution in [2.75, 3.05) is 0 Å². The molecule has 0 fully saturated rings. The zero-order valence-electron chi connectivity index (χ0n) is 10.9. The molecular weight excluding hydrogens is 256 g/mol. The highest BCUT2D eigenvalue weighted by Gasteiger charge is 2.06. The second-order valence-corrected chi connectivity index (χ2v) is 5.81. The summed E-state index contributed by atoms with van der Waals surface area (Å²) in [6.07, 6.45) is 1.63. The van der Waals surface area contributed by atoms with Crippen molar-refractivity contribution in [1.82, 2.24) is 9.55 Å². The molecule has 0 aliphatic heterocycles. The van der Waals surface area contributed by atoms with Crippen LogP contribution in [0.25, 0.3) is 10.1 Å². The molecule has 0 radical (unpaired) electrons. The minimum Gasteiger partial charge on any atom is -0.294 e. The predicted molar refractivity (Wildman–Crippen MR) is 78.9 cm³/mol. The number of aromatic nitrogens is 2. The Morgan fingerprint density at radius 3 is 2.84 bits per heavy atom. The van der Waals surface area contributed by atoms with Crippen molar-refractivity contribution in [2.24, 2.45) is 0 Å². The first-order valence-electron chi connectivity index (χ1n) is 6.15. The Kier molecular flexibility index (Phi) is 2.95. The van der Waals surface area contributed by atoms with Crippen LogP contribution in [0.15, 0.2) is 41.5 Å². The minimum absolute atomic E-state index is 0.0463. The van der Waals surface area contributed by atoms with Crippen molar-refractivity contribution < 1.29 is 0 Å². The van der Waals surface area contributed by atoms with Crippen LogP contribution < -0.4 is 5.56 Å². The summed E-state index contributed by atoms with van der Waals surface area (Å²) in [5, 5.41) is 1.23. The molecule has 0 aliphatic carbocycles. The van der Waals surface area contributed by atoms with Crippen LogP contribution in [0, 0.1) is 13.8 Å². The Labute approximate surface area is 115 Å². The number of thiophene rings is 1. The smallest absolute Gasteiger partial charge is 0.256 e. The normalized spacial score (nSPS) is 11.1. The number of fused-ring (bicyclic) bond motifs is 1. The molecule has 3 rings (SSSR count). The fourth-order valence-corrected chi connectivity index (χ4v) is 3.13. The molecule has 0 N–H and O–H groups in total. The molecule has 2 aromatic heterocycles. The van der Waals surface area contributed by atoms with Crippen molar-refractivity contribution in [3.8, 4) is 0 Å². The summed E-state index contributed by atoms with van der Waals surface area (Å²) in [6, 6.07) is 10.4. The minimum atomic E-state index is 0.0463. The van der Waals surface area contributed by atoms with Gasteiger partial charge in [-0.15, -0.1) is 11.3 Å². The van der Waals surface area contributed by atoms with E-state index in [1.54, 1.807) is 22.2 Å². The average molecular weight is 270 g/mol. The molecule has 4 heteroatoms. The molecule has 0 saturated heterocycles. The molecule has 0 spiro atoms. The van der Waals surface area contributed by atoms with E-state index in [9.17, 15) is 4.79 Å². The topological polar surface area (TPSA) is 34.9 Å². The zero-order valence-corrected chi connectivity index (χ0v) is 11.7. The van der Waals surface area contributed by atoms with Gasteiger partial charge in [-0.1, -0.05) is 18.2 Å². The maximum absolute atomic E-state index is 12.1. The molecule has 0 atom stereocenters. The summed E-state index contributed by atoms with van der Waals surface area (Å²) in [7, 11) is 0. The summed E-state index contributed by atoms with van der Waals surface area (Å²) < 4.78 is 2.93. The lowest BCUT2D eigenvalue weighted by Gasteiger charge is -2.05. The first-order chi connectivity index (χ1) is 9.15. The van der Waals surface area contributed by atoms with Gasteiger partial charge in [0.15, 0.2) is 0 Å². The number of aryl methyl sites for hydroxylation is 1. The Hall–Kier alpha value is -1.94. The van der Waals surface area contributed by atoms with Gasteiger partial charge in [-0.3, -0.25) is 9.36 Å². The monoisotopic (exact) mass is 270 g/mol. The van der Waals surface area contributed by atoms with Gasteiger partial charge in [0.1, 0.15) is 0 Å². The number of nitrogens with zero attached hydrogens (tertiary/aromatic N) is 2. The van der Waals surface area contributed by atoms with E-state index < -0.39 is 0 Å². The third kappa shape index (κ3) is 2.19. The molecule has 0 amide bonds. The van der Waals surface area contributed by atoms with Crippen molar-refractivity contribution in [2.45, 2.75) is 20.4 Å². The van der Waals surface area contributed by atoms with Crippen LogP contribution in [-0.2, 0) is 6.54 Å². The van der Waals surface area contributed by atoms with E-state index in [0.29, 0.717) is 6.54 Å². The molecule has 1 aromatic carbocycles. The van der Waals surface area contributed by atoms with Crippen molar-refractivity contribution in [1.29, 1.82) is 0 Å². The van der Waals surface area contributed by atoms with Gasteiger partial charge in [-0.05, 0) is 31.4 Å². The van der Waals surface area contributed by atoms with E-state index in [4.69, 9.17) is 0 Å². The van der Waals surface area contributed by atoms with E-state index >= 15 is 0 Å². The van der Waals surface area contributed by atoms with Gasteiger partial charge in [0.25, 0.3) is 5.56 Å². The number of rotatable bonds is 2. The second kappa shape index (κ2) is 4.63. The predicted octanol–water partition coefficient (Wildman–Crippen LogP) is 3.12. The van der Waals surface area contributed by atoms with Crippen LogP contribution >= 0.6 is 11.3 Å². The van der Waals surface area contributed by atoms with Crippen molar-refractivity contribution in [3.05, 3.63) is 63.1 Å². The maximum Gasteiger partial charge on any atom is 0.256 e. The molecule has 0 saturated carbocycles. The Balaban J connectivity index is 2.01. The van der Waals surface area contributed by atoms with E-state index in [-0.39, 0.29) is 5.56 Å². The molecule has 2 heterocycles. The summed E-state index contributed by atoms with van der Waals surface area (Å²) in [4.78, 5) is 17.6. The van der Waals surface area contributed by atoms with Crippen LogP contribution in [0.5, 0.6) is 0 Å². The molecular formula is C15H14N2OS. The van der Waals surface area contributed by atoms with Gasteiger partial charge in [0.05, 0.1) is 12.9 Å². The van der Waals surface area contributed by atoms with Gasteiger partial charge >= 0.3 is 0 Å². The standard InChI is InChI=1S/C15H14N2OS/c1-10-11(2)16-9-17(15(10)18)8-13-7-12-5-3-4-6-14(12)19-13/h3-7,9H,8H2,1-2H3. The van der Waals surface area contributed by atoms with Gasteiger partial charge in [-0.2, -0.15) is 0 Å². The Morgan fingerprint density at radius 2 is 2.05 bits per heavy atom. The molecule has 0 aliphatic rings. The molecule has 0 bridgehead atoms. The van der Waals surface area contributed by atoms with Crippen LogP contribution in [0.1, 0.15) is 16.1 Å². The number of hydrogen-bond acceptors (Lipinski definition) is 3. The third-order valence-electron chi connectivity index (χ3n) is 3.32.